The molecule has 1 aliphatic heterocycles. The molecule has 2 unspecified atom stereocenters. The second-order valence-electron chi connectivity index (χ2n) is 4.57. The normalized spacial score (nSPS) is 32.7. The molecular weight excluding hydrogens is 194 g/mol. The van der Waals surface area contributed by atoms with Crippen molar-refractivity contribution >= 4 is 6.09 Å². The number of carbonyl (C=O) groups is 1. The lowest BCUT2D eigenvalue weighted by molar-refractivity contribution is 0.0700. The van der Waals surface area contributed by atoms with E-state index in [4.69, 9.17) is 4.74 Å². The van der Waals surface area contributed by atoms with Gasteiger partial charge in [0.15, 0.2) is 0 Å². The molecule has 0 aromatic heterocycles. The Kier molecular flexibility index (Phi) is 2.87. The zero-order chi connectivity index (χ0) is 10.9. The first kappa shape index (κ1) is 10.7. The molecule has 0 aromatic rings. The standard InChI is InChI=1S/C11H19NO3/c1-2-3-6-15-10(14)12-5-4-9-7-11(9,12)8-13/h9,13H,2-8H2,1H3. The molecule has 2 aliphatic rings. The van der Waals surface area contributed by atoms with Gasteiger partial charge in [0, 0.05) is 6.54 Å². The number of hydrogen-bond donors (Lipinski definition) is 1. The molecule has 4 nitrogen and oxygen atoms in total. The molecule has 1 N–H and O–H groups in total. The fourth-order valence-corrected chi connectivity index (χ4v) is 2.51. The average molecular weight is 213 g/mol. The number of carbonyl (C=O) groups excluding carboxylic acids is 1. The van der Waals surface area contributed by atoms with Crippen LogP contribution in [-0.2, 0) is 4.74 Å². The number of likely N-dealkylation sites (tertiary alicyclic amines) is 1. The first-order valence-electron chi connectivity index (χ1n) is 5.80. The van der Waals surface area contributed by atoms with Gasteiger partial charge in [-0.3, -0.25) is 4.90 Å². The van der Waals surface area contributed by atoms with Crippen molar-refractivity contribution in [3.8, 4) is 0 Å². The van der Waals surface area contributed by atoms with Gasteiger partial charge in [0.05, 0.1) is 18.8 Å². The number of aliphatic hydroxyl groups is 1. The van der Waals surface area contributed by atoms with E-state index in [2.05, 4.69) is 6.92 Å². The molecule has 0 aromatic carbocycles. The highest BCUT2D eigenvalue weighted by molar-refractivity contribution is 5.70. The van der Waals surface area contributed by atoms with Gasteiger partial charge in [-0.1, -0.05) is 13.3 Å². The summed E-state index contributed by atoms with van der Waals surface area (Å²) < 4.78 is 5.17. The number of ether oxygens (including phenoxy) is 1. The molecule has 4 heteroatoms. The summed E-state index contributed by atoms with van der Waals surface area (Å²) in [5.74, 6) is 0.515. The quantitative estimate of drug-likeness (QED) is 0.718. The molecular formula is C11H19NO3. The Morgan fingerprint density at radius 1 is 1.67 bits per heavy atom. The lowest BCUT2D eigenvalue weighted by atomic mass is 10.2. The Labute approximate surface area is 90.2 Å². The Morgan fingerprint density at radius 3 is 3.07 bits per heavy atom. The highest BCUT2D eigenvalue weighted by Gasteiger charge is 2.63. The molecule has 0 radical (unpaired) electrons. The van der Waals surface area contributed by atoms with Crippen LogP contribution in [0.5, 0.6) is 0 Å². The van der Waals surface area contributed by atoms with E-state index in [9.17, 15) is 9.90 Å². The van der Waals surface area contributed by atoms with E-state index in [1.807, 2.05) is 0 Å². The van der Waals surface area contributed by atoms with Crippen molar-refractivity contribution < 1.29 is 14.6 Å². The van der Waals surface area contributed by atoms with Gasteiger partial charge in [-0.2, -0.15) is 0 Å². The van der Waals surface area contributed by atoms with Crippen molar-refractivity contribution in [1.29, 1.82) is 0 Å². The van der Waals surface area contributed by atoms with Crippen LogP contribution in [0.25, 0.3) is 0 Å². The lowest BCUT2D eigenvalue weighted by Crippen LogP contribution is -2.42. The van der Waals surface area contributed by atoms with Crippen LogP contribution in [0.2, 0.25) is 0 Å². The molecule has 15 heavy (non-hydrogen) atoms. The van der Waals surface area contributed by atoms with Gasteiger partial charge in [0.1, 0.15) is 0 Å². The van der Waals surface area contributed by atoms with Crippen molar-refractivity contribution in [3.05, 3.63) is 0 Å². The number of unbranched alkanes of at least 4 members (excludes halogenated alkanes) is 1. The maximum atomic E-state index is 11.7. The van der Waals surface area contributed by atoms with Crippen LogP contribution in [0.4, 0.5) is 4.79 Å². The number of aliphatic hydroxyl groups excluding tert-OH is 1. The van der Waals surface area contributed by atoms with E-state index in [-0.39, 0.29) is 18.2 Å². The summed E-state index contributed by atoms with van der Waals surface area (Å²) in [4.78, 5) is 13.4. The number of fused-ring (bicyclic) bond motifs is 1. The van der Waals surface area contributed by atoms with Crippen LogP contribution in [0, 0.1) is 5.92 Å². The van der Waals surface area contributed by atoms with Gasteiger partial charge in [0.25, 0.3) is 0 Å². The Hall–Kier alpha value is -0.770. The zero-order valence-electron chi connectivity index (χ0n) is 9.24. The molecule has 1 aliphatic carbocycles. The Balaban J connectivity index is 1.85. The Morgan fingerprint density at radius 2 is 2.47 bits per heavy atom. The summed E-state index contributed by atoms with van der Waals surface area (Å²) in [7, 11) is 0. The third-order valence-electron chi connectivity index (χ3n) is 3.66. The van der Waals surface area contributed by atoms with Crippen molar-refractivity contribution in [1.82, 2.24) is 4.90 Å². The predicted octanol–water partition coefficient (Wildman–Crippen LogP) is 1.38. The minimum absolute atomic E-state index is 0.0839. The summed E-state index contributed by atoms with van der Waals surface area (Å²) in [5.41, 5.74) is -0.247. The molecule has 1 saturated carbocycles. The minimum Gasteiger partial charge on any atom is -0.449 e. The highest BCUT2D eigenvalue weighted by atomic mass is 16.6. The monoisotopic (exact) mass is 213 g/mol. The molecule has 2 fully saturated rings. The van der Waals surface area contributed by atoms with Crippen molar-refractivity contribution in [3.63, 3.8) is 0 Å². The number of amides is 1. The fourth-order valence-electron chi connectivity index (χ4n) is 2.51. The van der Waals surface area contributed by atoms with Crippen LogP contribution in [0.1, 0.15) is 32.6 Å². The first-order valence-corrected chi connectivity index (χ1v) is 5.80. The summed E-state index contributed by atoms with van der Waals surface area (Å²) >= 11 is 0. The number of hydrogen-bond acceptors (Lipinski definition) is 3. The molecule has 1 amide bonds. The number of piperidine rings is 1. The SMILES string of the molecule is CCCCOC(=O)N1CCC2CC21CO. The fraction of sp³-hybridized carbons (Fsp3) is 0.909. The lowest BCUT2D eigenvalue weighted by Gasteiger charge is -2.25. The second-order valence-corrected chi connectivity index (χ2v) is 4.57. The van der Waals surface area contributed by atoms with Crippen LogP contribution >= 0.6 is 0 Å². The number of nitrogens with zero attached hydrogens (tertiary/aromatic N) is 1. The highest BCUT2D eigenvalue weighted by Crippen LogP contribution is 2.55. The van der Waals surface area contributed by atoms with Crippen LogP contribution in [0.3, 0.4) is 0 Å². The third kappa shape index (κ3) is 1.71. The summed E-state index contributed by atoms with van der Waals surface area (Å²) in [6, 6.07) is 0. The largest absolute Gasteiger partial charge is 0.449 e. The van der Waals surface area contributed by atoms with Crippen molar-refractivity contribution in [2.45, 2.75) is 38.1 Å². The van der Waals surface area contributed by atoms with E-state index < -0.39 is 0 Å². The van der Waals surface area contributed by atoms with Gasteiger partial charge >= 0.3 is 6.09 Å². The van der Waals surface area contributed by atoms with Gasteiger partial charge in [-0.15, -0.1) is 0 Å². The average Bonchev–Trinajstić information content (AvgIpc) is 2.85. The topological polar surface area (TPSA) is 49.8 Å². The van der Waals surface area contributed by atoms with Gasteiger partial charge in [0.2, 0.25) is 0 Å². The second kappa shape index (κ2) is 4.00. The van der Waals surface area contributed by atoms with Crippen molar-refractivity contribution in [2.75, 3.05) is 19.8 Å². The van der Waals surface area contributed by atoms with Crippen LogP contribution in [0.15, 0.2) is 0 Å². The van der Waals surface area contributed by atoms with Gasteiger partial charge in [-0.05, 0) is 25.2 Å². The molecule has 0 bridgehead atoms. The van der Waals surface area contributed by atoms with Crippen molar-refractivity contribution in [2.24, 2.45) is 5.92 Å². The maximum Gasteiger partial charge on any atom is 0.410 e. The van der Waals surface area contributed by atoms with Crippen LogP contribution < -0.4 is 0 Å². The zero-order valence-corrected chi connectivity index (χ0v) is 9.24. The van der Waals surface area contributed by atoms with Gasteiger partial charge in [-0.25, -0.2) is 4.79 Å². The minimum atomic E-state index is -0.247. The first-order chi connectivity index (χ1) is 7.24. The smallest absolute Gasteiger partial charge is 0.410 e. The summed E-state index contributed by atoms with van der Waals surface area (Å²) in [5, 5.41) is 9.31. The summed E-state index contributed by atoms with van der Waals surface area (Å²) in [6.45, 7) is 3.39. The van der Waals surface area contributed by atoms with Crippen LogP contribution in [-0.4, -0.2) is 41.4 Å². The van der Waals surface area contributed by atoms with E-state index in [0.29, 0.717) is 12.5 Å². The molecule has 2 atom stereocenters. The molecule has 1 saturated heterocycles. The van der Waals surface area contributed by atoms with Gasteiger partial charge < -0.3 is 9.84 Å². The predicted molar refractivity (Wildman–Crippen MR) is 55.5 cm³/mol. The summed E-state index contributed by atoms with van der Waals surface area (Å²) in [6.07, 6.45) is 3.67. The molecule has 1 heterocycles. The molecule has 86 valence electrons. The van der Waals surface area contributed by atoms with E-state index >= 15 is 0 Å². The third-order valence-corrected chi connectivity index (χ3v) is 3.66. The van der Waals surface area contributed by atoms with E-state index in [1.54, 1.807) is 4.90 Å². The maximum absolute atomic E-state index is 11.7. The van der Waals surface area contributed by atoms with E-state index in [0.717, 1.165) is 32.2 Å². The van der Waals surface area contributed by atoms with E-state index in [1.165, 1.54) is 0 Å². The Bertz CT molecular complexity index is 252. The number of rotatable bonds is 4. The molecule has 0 spiro atoms. The molecule has 2 rings (SSSR count).